The fourth-order valence-electron chi connectivity index (χ4n) is 3.90. The van der Waals surface area contributed by atoms with Gasteiger partial charge >= 0.3 is 0 Å². The molecule has 1 amide bonds. The number of aromatic nitrogens is 2. The Kier molecular flexibility index (Phi) is 5.05. The van der Waals surface area contributed by atoms with Crippen molar-refractivity contribution in [3.05, 3.63) is 72.4 Å². The summed E-state index contributed by atoms with van der Waals surface area (Å²) in [6.07, 6.45) is 6.45. The van der Waals surface area contributed by atoms with Crippen molar-refractivity contribution < 1.29 is 4.79 Å². The number of hydrogen-bond acceptors (Lipinski definition) is 2. The second kappa shape index (κ2) is 7.78. The number of hydrogen-bond donors (Lipinski definition) is 0. The van der Waals surface area contributed by atoms with Crippen LogP contribution in [0.1, 0.15) is 31.2 Å². The molecule has 138 valence electrons. The topological polar surface area (TPSA) is 38.1 Å². The van der Waals surface area contributed by atoms with E-state index in [2.05, 4.69) is 18.3 Å². The predicted molar refractivity (Wildman–Crippen MR) is 107 cm³/mol. The summed E-state index contributed by atoms with van der Waals surface area (Å²) >= 11 is 0. The Hall–Kier alpha value is -2.88. The van der Waals surface area contributed by atoms with Crippen LogP contribution in [-0.2, 0) is 11.3 Å². The molecular weight excluding hydrogens is 334 g/mol. The maximum Gasteiger partial charge on any atom is 0.225 e. The Morgan fingerprint density at radius 3 is 2.33 bits per heavy atom. The van der Waals surface area contributed by atoms with Gasteiger partial charge in [0.25, 0.3) is 0 Å². The maximum atomic E-state index is 12.8. The SMILES string of the molecule is CN(Cc1cn(-c2ccccc2)nc1-c1ccccc1)C(=O)C1CCCC1. The molecule has 0 N–H and O–H groups in total. The zero-order valence-corrected chi connectivity index (χ0v) is 15.7. The average molecular weight is 359 g/mol. The number of para-hydroxylation sites is 1. The van der Waals surface area contributed by atoms with Crippen LogP contribution in [0.3, 0.4) is 0 Å². The molecule has 2 aromatic carbocycles. The van der Waals surface area contributed by atoms with E-state index in [1.165, 1.54) is 12.8 Å². The Labute approximate surface area is 160 Å². The van der Waals surface area contributed by atoms with Crippen molar-refractivity contribution in [2.45, 2.75) is 32.2 Å². The van der Waals surface area contributed by atoms with Gasteiger partial charge in [0.05, 0.1) is 11.4 Å². The Morgan fingerprint density at radius 1 is 1.04 bits per heavy atom. The number of benzene rings is 2. The molecule has 27 heavy (non-hydrogen) atoms. The van der Waals surface area contributed by atoms with Crippen molar-refractivity contribution in [2.75, 3.05) is 7.05 Å². The molecule has 1 heterocycles. The lowest BCUT2D eigenvalue weighted by Gasteiger charge is -2.20. The van der Waals surface area contributed by atoms with Gasteiger partial charge in [-0.15, -0.1) is 0 Å². The van der Waals surface area contributed by atoms with Gasteiger partial charge in [-0.1, -0.05) is 61.4 Å². The third-order valence-electron chi connectivity index (χ3n) is 5.35. The van der Waals surface area contributed by atoms with E-state index in [9.17, 15) is 4.79 Å². The third kappa shape index (κ3) is 3.80. The summed E-state index contributed by atoms with van der Waals surface area (Å²) in [4.78, 5) is 14.6. The number of rotatable bonds is 5. The van der Waals surface area contributed by atoms with Gasteiger partial charge in [0.15, 0.2) is 0 Å². The molecule has 1 aliphatic rings. The van der Waals surface area contributed by atoms with Crippen LogP contribution in [-0.4, -0.2) is 27.6 Å². The minimum absolute atomic E-state index is 0.194. The Balaban J connectivity index is 1.65. The van der Waals surface area contributed by atoms with Gasteiger partial charge in [-0.2, -0.15) is 5.10 Å². The standard InChI is InChI=1S/C23H25N3O/c1-25(23(27)19-12-8-9-13-19)16-20-17-26(21-14-6-3-7-15-21)24-22(20)18-10-4-2-5-11-18/h2-7,10-11,14-15,17,19H,8-9,12-13,16H2,1H3. The van der Waals surface area contributed by atoms with E-state index in [-0.39, 0.29) is 11.8 Å². The molecule has 0 saturated heterocycles. The van der Waals surface area contributed by atoms with E-state index in [4.69, 9.17) is 5.10 Å². The van der Waals surface area contributed by atoms with Crippen molar-refractivity contribution >= 4 is 5.91 Å². The molecular formula is C23H25N3O. The molecule has 3 aromatic rings. The average Bonchev–Trinajstić information content (AvgIpc) is 3.39. The predicted octanol–water partition coefficient (Wildman–Crippen LogP) is 4.69. The summed E-state index contributed by atoms with van der Waals surface area (Å²) in [5.41, 5.74) is 4.10. The molecule has 0 unspecified atom stereocenters. The van der Waals surface area contributed by atoms with Gasteiger partial charge in [-0.05, 0) is 25.0 Å². The Bertz CT molecular complexity index is 896. The highest BCUT2D eigenvalue weighted by molar-refractivity contribution is 5.79. The van der Waals surface area contributed by atoms with Gasteiger partial charge in [0, 0.05) is 36.8 Å². The van der Waals surface area contributed by atoms with Crippen molar-refractivity contribution in [1.29, 1.82) is 0 Å². The number of carbonyl (C=O) groups excluding carboxylic acids is 1. The number of nitrogens with zero attached hydrogens (tertiary/aromatic N) is 3. The van der Waals surface area contributed by atoms with Crippen LogP contribution in [0.2, 0.25) is 0 Å². The first-order valence-corrected chi connectivity index (χ1v) is 9.67. The van der Waals surface area contributed by atoms with Gasteiger partial charge in [0.2, 0.25) is 5.91 Å². The lowest BCUT2D eigenvalue weighted by molar-refractivity contribution is -0.134. The van der Waals surface area contributed by atoms with Crippen molar-refractivity contribution in [3.8, 4) is 16.9 Å². The minimum Gasteiger partial charge on any atom is -0.341 e. The van der Waals surface area contributed by atoms with E-state index >= 15 is 0 Å². The summed E-state index contributed by atoms with van der Waals surface area (Å²) in [6.45, 7) is 0.576. The van der Waals surface area contributed by atoms with Crippen molar-refractivity contribution in [2.24, 2.45) is 5.92 Å². The molecule has 1 fully saturated rings. The van der Waals surface area contributed by atoms with E-state index in [1.807, 2.05) is 65.2 Å². The molecule has 0 spiro atoms. The number of carbonyl (C=O) groups is 1. The lowest BCUT2D eigenvalue weighted by atomic mass is 10.1. The molecule has 0 aliphatic heterocycles. The van der Waals surface area contributed by atoms with Crippen LogP contribution in [0.5, 0.6) is 0 Å². The fourth-order valence-corrected chi connectivity index (χ4v) is 3.90. The molecule has 4 rings (SSSR count). The van der Waals surface area contributed by atoms with E-state index in [1.54, 1.807) is 0 Å². The van der Waals surface area contributed by atoms with Crippen LogP contribution in [0.15, 0.2) is 66.9 Å². The summed E-state index contributed by atoms with van der Waals surface area (Å²) in [7, 11) is 1.91. The van der Waals surface area contributed by atoms with Gasteiger partial charge < -0.3 is 4.90 Å². The molecule has 0 atom stereocenters. The molecule has 0 bridgehead atoms. The van der Waals surface area contributed by atoms with Crippen LogP contribution in [0.4, 0.5) is 0 Å². The van der Waals surface area contributed by atoms with E-state index in [0.717, 1.165) is 35.3 Å². The normalized spacial score (nSPS) is 14.4. The number of amides is 1. The van der Waals surface area contributed by atoms with Crippen LogP contribution in [0, 0.1) is 5.92 Å². The smallest absolute Gasteiger partial charge is 0.225 e. The summed E-state index contributed by atoms with van der Waals surface area (Å²) in [5, 5.41) is 4.84. The molecule has 4 nitrogen and oxygen atoms in total. The maximum absolute atomic E-state index is 12.8. The highest BCUT2D eigenvalue weighted by Crippen LogP contribution is 2.28. The van der Waals surface area contributed by atoms with Crippen LogP contribution >= 0.6 is 0 Å². The van der Waals surface area contributed by atoms with E-state index < -0.39 is 0 Å². The van der Waals surface area contributed by atoms with Gasteiger partial charge in [0.1, 0.15) is 0 Å². The monoisotopic (exact) mass is 359 g/mol. The highest BCUT2D eigenvalue weighted by Gasteiger charge is 2.26. The van der Waals surface area contributed by atoms with Crippen LogP contribution in [0.25, 0.3) is 16.9 Å². The summed E-state index contributed by atoms with van der Waals surface area (Å²) < 4.78 is 1.91. The van der Waals surface area contributed by atoms with E-state index in [0.29, 0.717) is 6.54 Å². The lowest BCUT2D eigenvalue weighted by Crippen LogP contribution is -2.31. The molecule has 1 aromatic heterocycles. The summed E-state index contributed by atoms with van der Waals surface area (Å²) in [5.74, 6) is 0.457. The highest BCUT2D eigenvalue weighted by atomic mass is 16.2. The molecule has 4 heteroatoms. The van der Waals surface area contributed by atoms with Crippen molar-refractivity contribution in [3.63, 3.8) is 0 Å². The first-order valence-electron chi connectivity index (χ1n) is 9.67. The first-order chi connectivity index (χ1) is 13.2. The zero-order chi connectivity index (χ0) is 18.6. The third-order valence-corrected chi connectivity index (χ3v) is 5.35. The van der Waals surface area contributed by atoms with Gasteiger partial charge in [-0.25, -0.2) is 4.68 Å². The fraction of sp³-hybridized carbons (Fsp3) is 0.304. The van der Waals surface area contributed by atoms with Crippen LogP contribution < -0.4 is 0 Å². The largest absolute Gasteiger partial charge is 0.341 e. The molecule has 0 radical (unpaired) electrons. The Morgan fingerprint density at radius 2 is 1.67 bits per heavy atom. The second-order valence-electron chi connectivity index (χ2n) is 7.32. The first kappa shape index (κ1) is 17.5. The minimum atomic E-state index is 0.194. The summed E-state index contributed by atoms with van der Waals surface area (Å²) in [6, 6.07) is 20.3. The molecule has 1 saturated carbocycles. The quantitative estimate of drug-likeness (QED) is 0.663. The van der Waals surface area contributed by atoms with Crippen molar-refractivity contribution in [1.82, 2.24) is 14.7 Å². The second-order valence-corrected chi connectivity index (χ2v) is 7.32. The zero-order valence-electron chi connectivity index (χ0n) is 15.7. The van der Waals surface area contributed by atoms with Gasteiger partial charge in [-0.3, -0.25) is 4.79 Å². The molecule has 1 aliphatic carbocycles.